The number of hydrogen-bond acceptors (Lipinski definition) is 3. The minimum Gasteiger partial charge on any atom is -0.327 e. The maximum absolute atomic E-state index is 5.95. The maximum atomic E-state index is 5.95. The zero-order valence-corrected chi connectivity index (χ0v) is 9.32. The van der Waals surface area contributed by atoms with E-state index in [2.05, 4.69) is 22.9 Å². The van der Waals surface area contributed by atoms with Crippen molar-refractivity contribution in [3.8, 4) is 0 Å². The first-order chi connectivity index (χ1) is 7.24. The number of rotatable bonds is 2. The van der Waals surface area contributed by atoms with E-state index in [9.17, 15) is 0 Å². The van der Waals surface area contributed by atoms with Crippen molar-refractivity contribution in [3.05, 3.63) is 29.6 Å². The van der Waals surface area contributed by atoms with Crippen molar-refractivity contribution in [2.24, 2.45) is 5.73 Å². The number of piperidine rings is 1. The van der Waals surface area contributed by atoms with E-state index in [0.29, 0.717) is 6.04 Å². The predicted molar refractivity (Wildman–Crippen MR) is 61.5 cm³/mol. The lowest BCUT2D eigenvalue weighted by atomic mass is 10.1. The summed E-state index contributed by atoms with van der Waals surface area (Å²) < 4.78 is 0. The van der Waals surface area contributed by atoms with Crippen molar-refractivity contribution in [1.29, 1.82) is 0 Å². The van der Waals surface area contributed by atoms with Crippen LogP contribution in [-0.4, -0.2) is 29.0 Å². The highest BCUT2D eigenvalue weighted by atomic mass is 15.1. The molecule has 2 rings (SSSR count). The van der Waals surface area contributed by atoms with Crippen molar-refractivity contribution >= 4 is 0 Å². The number of aryl methyl sites for hydroxylation is 1. The standard InChI is InChI=1S/C12H19N3/c1-10-5-11(7-14-6-10)8-15-4-2-3-12(13)9-15/h5-7,12H,2-4,8-9,13H2,1H3. The van der Waals surface area contributed by atoms with Crippen molar-refractivity contribution < 1.29 is 0 Å². The summed E-state index contributed by atoms with van der Waals surface area (Å²) in [5, 5.41) is 0. The minimum atomic E-state index is 0.358. The van der Waals surface area contributed by atoms with Crippen molar-refractivity contribution in [2.45, 2.75) is 32.4 Å². The summed E-state index contributed by atoms with van der Waals surface area (Å²) in [5.74, 6) is 0. The summed E-state index contributed by atoms with van der Waals surface area (Å²) in [7, 11) is 0. The largest absolute Gasteiger partial charge is 0.327 e. The van der Waals surface area contributed by atoms with Gasteiger partial charge in [0.25, 0.3) is 0 Å². The fourth-order valence-electron chi connectivity index (χ4n) is 2.20. The Kier molecular flexibility index (Phi) is 3.34. The van der Waals surface area contributed by atoms with Gasteiger partial charge in [-0.05, 0) is 37.4 Å². The first-order valence-electron chi connectivity index (χ1n) is 5.62. The Balaban J connectivity index is 1.96. The molecule has 2 heterocycles. The van der Waals surface area contributed by atoms with Crippen LogP contribution in [0.2, 0.25) is 0 Å². The van der Waals surface area contributed by atoms with Gasteiger partial charge in [0, 0.05) is 31.5 Å². The van der Waals surface area contributed by atoms with Crippen LogP contribution in [0.5, 0.6) is 0 Å². The molecule has 3 heteroatoms. The number of likely N-dealkylation sites (tertiary alicyclic amines) is 1. The molecule has 0 saturated carbocycles. The molecule has 82 valence electrons. The van der Waals surface area contributed by atoms with Gasteiger partial charge in [-0.25, -0.2) is 0 Å². The third-order valence-corrected chi connectivity index (χ3v) is 2.88. The molecule has 1 fully saturated rings. The van der Waals surface area contributed by atoms with Gasteiger partial charge in [-0.1, -0.05) is 6.07 Å². The molecule has 15 heavy (non-hydrogen) atoms. The van der Waals surface area contributed by atoms with E-state index in [4.69, 9.17) is 5.73 Å². The predicted octanol–water partition coefficient (Wildman–Crippen LogP) is 1.31. The van der Waals surface area contributed by atoms with Crippen LogP contribution in [0.4, 0.5) is 0 Å². The highest BCUT2D eigenvalue weighted by Gasteiger charge is 2.16. The van der Waals surface area contributed by atoms with E-state index in [1.807, 2.05) is 12.4 Å². The molecule has 0 amide bonds. The van der Waals surface area contributed by atoms with Crippen LogP contribution in [0.15, 0.2) is 18.5 Å². The molecule has 1 saturated heterocycles. The molecule has 1 aliphatic rings. The summed E-state index contributed by atoms with van der Waals surface area (Å²) >= 11 is 0. The maximum Gasteiger partial charge on any atom is 0.0313 e. The third-order valence-electron chi connectivity index (χ3n) is 2.88. The Hall–Kier alpha value is -0.930. The van der Waals surface area contributed by atoms with Crippen molar-refractivity contribution in [1.82, 2.24) is 9.88 Å². The molecular weight excluding hydrogens is 186 g/mol. The summed E-state index contributed by atoms with van der Waals surface area (Å²) in [5.41, 5.74) is 8.48. The Morgan fingerprint density at radius 3 is 3.13 bits per heavy atom. The van der Waals surface area contributed by atoms with E-state index >= 15 is 0 Å². The molecule has 0 bridgehead atoms. The van der Waals surface area contributed by atoms with Gasteiger partial charge in [0.1, 0.15) is 0 Å². The fraction of sp³-hybridized carbons (Fsp3) is 0.583. The minimum absolute atomic E-state index is 0.358. The van der Waals surface area contributed by atoms with Gasteiger partial charge in [0.15, 0.2) is 0 Å². The molecule has 1 aromatic heterocycles. The zero-order chi connectivity index (χ0) is 10.7. The molecular formula is C12H19N3. The van der Waals surface area contributed by atoms with E-state index < -0.39 is 0 Å². The highest BCUT2D eigenvalue weighted by Crippen LogP contribution is 2.12. The zero-order valence-electron chi connectivity index (χ0n) is 9.32. The van der Waals surface area contributed by atoms with Crippen LogP contribution in [0.25, 0.3) is 0 Å². The third kappa shape index (κ3) is 3.01. The van der Waals surface area contributed by atoms with Crippen LogP contribution in [0.1, 0.15) is 24.0 Å². The number of nitrogens with two attached hydrogens (primary N) is 1. The smallest absolute Gasteiger partial charge is 0.0313 e. The molecule has 1 unspecified atom stereocenters. The second-order valence-corrected chi connectivity index (χ2v) is 4.51. The Morgan fingerprint density at radius 2 is 2.40 bits per heavy atom. The summed E-state index contributed by atoms with van der Waals surface area (Å²) in [6.07, 6.45) is 6.24. The number of nitrogens with zero attached hydrogens (tertiary/aromatic N) is 2. The van der Waals surface area contributed by atoms with Crippen molar-refractivity contribution in [2.75, 3.05) is 13.1 Å². The van der Waals surface area contributed by atoms with Crippen LogP contribution < -0.4 is 5.73 Å². The van der Waals surface area contributed by atoms with Crippen LogP contribution in [-0.2, 0) is 6.54 Å². The van der Waals surface area contributed by atoms with Crippen LogP contribution >= 0.6 is 0 Å². The molecule has 1 aromatic rings. The monoisotopic (exact) mass is 205 g/mol. The molecule has 1 atom stereocenters. The Bertz CT molecular complexity index is 324. The molecule has 1 aliphatic heterocycles. The molecule has 3 nitrogen and oxygen atoms in total. The number of hydrogen-bond donors (Lipinski definition) is 1. The average molecular weight is 205 g/mol. The molecule has 0 radical (unpaired) electrons. The van der Waals surface area contributed by atoms with Gasteiger partial charge in [0.2, 0.25) is 0 Å². The van der Waals surface area contributed by atoms with E-state index in [-0.39, 0.29) is 0 Å². The highest BCUT2D eigenvalue weighted by molar-refractivity contribution is 5.16. The van der Waals surface area contributed by atoms with E-state index in [1.165, 1.54) is 30.5 Å². The SMILES string of the molecule is Cc1cncc(CN2CCCC(N)C2)c1. The van der Waals surface area contributed by atoms with Gasteiger partial charge in [-0.3, -0.25) is 9.88 Å². The van der Waals surface area contributed by atoms with Gasteiger partial charge < -0.3 is 5.73 Å². The summed E-state index contributed by atoms with van der Waals surface area (Å²) in [4.78, 5) is 6.63. The Morgan fingerprint density at radius 1 is 1.53 bits per heavy atom. The first-order valence-corrected chi connectivity index (χ1v) is 5.62. The second kappa shape index (κ2) is 4.73. The van der Waals surface area contributed by atoms with Crippen molar-refractivity contribution in [3.63, 3.8) is 0 Å². The van der Waals surface area contributed by atoms with Gasteiger partial charge in [-0.2, -0.15) is 0 Å². The fourth-order valence-corrected chi connectivity index (χ4v) is 2.20. The van der Waals surface area contributed by atoms with E-state index in [1.54, 1.807) is 0 Å². The summed E-state index contributed by atoms with van der Waals surface area (Å²) in [6.45, 7) is 5.26. The van der Waals surface area contributed by atoms with Gasteiger partial charge >= 0.3 is 0 Å². The summed E-state index contributed by atoms with van der Waals surface area (Å²) in [6, 6.07) is 2.56. The molecule has 2 N–H and O–H groups in total. The lowest BCUT2D eigenvalue weighted by molar-refractivity contribution is 0.201. The van der Waals surface area contributed by atoms with Gasteiger partial charge in [-0.15, -0.1) is 0 Å². The normalized spacial score (nSPS) is 22.9. The van der Waals surface area contributed by atoms with Crippen LogP contribution in [0, 0.1) is 6.92 Å². The van der Waals surface area contributed by atoms with E-state index in [0.717, 1.165) is 13.1 Å². The lowest BCUT2D eigenvalue weighted by Gasteiger charge is -2.30. The van der Waals surface area contributed by atoms with Crippen LogP contribution in [0.3, 0.4) is 0 Å². The average Bonchev–Trinajstić information content (AvgIpc) is 2.17. The Labute approximate surface area is 91.3 Å². The molecule has 0 aromatic carbocycles. The quantitative estimate of drug-likeness (QED) is 0.791. The molecule has 0 spiro atoms. The van der Waals surface area contributed by atoms with Gasteiger partial charge in [0.05, 0.1) is 0 Å². The first kappa shape index (κ1) is 10.6. The molecule has 0 aliphatic carbocycles. The number of pyridine rings is 1. The topological polar surface area (TPSA) is 42.2 Å². The number of aromatic nitrogens is 1. The second-order valence-electron chi connectivity index (χ2n) is 4.51. The lowest BCUT2D eigenvalue weighted by Crippen LogP contribution is -2.42.